The lowest BCUT2D eigenvalue weighted by Crippen LogP contribution is -2.33. The minimum atomic E-state index is -1.77. The SMILES string of the molecule is C/C(=C\C[P+](c1ccccc1)(c1ccccc1)c1ccccc1)CC/C=C(\C)CCCC(C)C. The summed E-state index contributed by atoms with van der Waals surface area (Å²) in [4.78, 5) is 0. The molecular formula is C33H42P+. The lowest BCUT2D eigenvalue weighted by atomic mass is 10.0. The van der Waals surface area contributed by atoms with E-state index in [4.69, 9.17) is 0 Å². The first-order valence-electron chi connectivity index (χ1n) is 12.9. The lowest BCUT2D eigenvalue weighted by molar-refractivity contribution is 0.554. The second-order valence-corrected chi connectivity index (χ2v) is 13.5. The summed E-state index contributed by atoms with van der Waals surface area (Å²) in [6, 6.07) is 33.6. The molecule has 1 heteroatoms. The molecule has 0 N–H and O–H groups in total. The van der Waals surface area contributed by atoms with Crippen LogP contribution in [0.4, 0.5) is 0 Å². The average Bonchev–Trinajstić information content (AvgIpc) is 2.86. The summed E-state index contributed by atoms with van der Waals surface area (Å²) in [6.45, 7) is 9.25. The minimum absolute atomic E-state index is 0.806. The third kappa shape index (κ3) is 7.28. The van der Waals surface area contributed by atoms with E-state index in [0.29, 0.717) is 0 Å². The minimum Gasteiger partial charge on any atom is -0.0853 e. The van der Waals surface area contributed by atoms with Crippen LogP contribution in [0.25, 0.3) is 0 Å². The number of rotatable bonds is 12. The Morgan fingerprint density at radius 1 is 0.647 bits per heavy atom. The molecule has 0 aromatic heterocycles. The van der Waals surface area contributed by atoms with Crippen molar-refractivity contribution in [2.24, 2.45) is 5.92 Å². The normalized spacial score (nSPS) is 12.9. The molecule has 0 saturated carbocycles. The van der Waals surface area contributed by atoms with Crippen molar-refractivity contribution in [3.63, 3.8) is 0 Å². The van der Waals surface area contributed by atoms with Gasteiger partial charge in [-0.3, -0.25) is 0 Å². The summed E-state index contributed by atoms with van der Waals surface area (Å²) in [5.41, 5.74) is 3.05. The van der Waals surface area contributed by atoms with Gasteiger partial charge in [0.2, 0.25) is 0 Å². The summed E-state index contributed by atoms with van der Waals surface area (Å²) in [5.74, 6) is 0.806. The molecule has 0 heterocycles. The molecule has 0 bridgehead atoms. The maximum absolute atomic E-state index is 2.53. The standard InChI is InChI=1S/C33H42P/c1-28(2)16-14-17-29(3)18-15-19-30(4)26-27-34(31-20-8-5-9-21-31,32-22-10-6-11-23-32)33-24-12-7-13-25-33/h5-13,18,20-26,28H,14-17,19,27H2,1-4H3/q+1/b29-18+,30-26+. The molecule has 0 saturated heterocycles. The summed E-state index contributed by atoms with van der Waals surface area (Å²) in [5, 5.41) is 4.37. The van der Waals surface area contributed by atoms with Gasteiger partial charge in [-0.05, 0) is 87.9 Å². The van der Waals surface area contributed by atoms with Crippen molar-refractivity contribution < 1.29 is 0 Å². The van der Waals surface area contributed by atoms with Crippen molar-refractivity contribution >= 4 is 23.2 Å². The molecule has 0 amide bonds. The van der Waals surface area contributed by atoms with E-state index in [1.165, 1.54) is 40.7 Å². The molecule has 3 aromatic rings. The maximum Gasteiger partial charge on any atom is 0.115 e. The fourth-order valence-electron chi connectivity index (χ4n) is 4.64. The van der Waals surface area contributed by atoms with Crippen molar-refractivity contribution in [3.05, 3.63) is 114 Å². The van der Waals surface area contributed by atoms with Gasteiger partial charge in [-0.2, -0.15) is 0 Å². The Hall–Kier alpha value is -2.43. The highest BCUT2D eigenvalue weighted by molar-refractivity contribution is 7.95. The van der Waals surface area contributed by atoms with Crippen LogP contribution in [0, 0.1) is 5.92 Å². The van der Waals surface area contributed by atoms with Gasteiger partial charge in [-0.1, -0.05) is 92.1 Å². The fourth-order valence-corrected chi connectivity index (χ4v) is 8.80. The fraction of sp³-hybridized carbons (Fsp3) is 0.333. The summed E-state index contributed by atoms with van der Waals surface area (Å²) in [6.07, 6.45) is 12.2. The van der Waals surface area contributed by atoms with Gasteiger partial charge in [0, 0.05) is 0 Å². The van der Waals surface area contributed by atoms with E-state index in [-0.39, 0.29) is 0 Å². The highest BCUT2D eigenvalue weighted by Crippen LogP contribution is 2.55. The molecule has 3 aromatic carbocycles. The molecule has 0 radical (unpaired) electrons. The Labute approximate surface area is 209 Å². The van der Waals surface area contributed by atoms with E-state index in [1.54, 1.807) is 5.57 Å². The second kappa shape index (κ2) is 13.5. The van der Waals surface area contributed by atoms with Crippen molar-refractivity contribution in [2.75, 3.05) is 6.16 Å². The molecular weight excluding hydrogens is 427 g/mol. The first-order valence-corrected chi connectivity index (χ1v) is 14.9. The molecule has 0 aliphatic heterocycles. The zero-order chi connectivity index (χ0) is 24.2. The molecule has 178 valence electrons. The Kier molecular flexibility index (Phi) is 10.4. The second-order valence-electron chi connectivity index (χ2n) is 9.92. The molecule has 0 atom stereocenters. The van der Waals surface area contributed by atoms with Crippen LogP contribution in [0.15, 0.2) is 114 Å². The highest BCUT2D eigenvalue weighted by atomic mass is 31.2. The van der Waals surface area contributed by atoms with Crippen molar-refractivity contribution in [1.29, 1.82) is 0 Å². The third-order valence-corrected chi connectivity index (χ3v) is 11.0. The molecule has 34 heavy (non-hydrogen) atoms. The van der Waals surface area contributed by atoms with Crippen molar-refractivity contribution in [3.8, 4) is 0 Å². The third-order valence-electron chi connectivity index (χ3n) is 6.69. The first kappa shape index (κ1) is 26.2. The largest absolute Gasteiger partial charge is 0.115 e. The zero-order valence-corrected chi connectivity index (χ0v) is 22.5. The van der Waals surface area contributed by atoms with Gasteiger partial charge in [0.15, 0.2) is 0 Å². The van der Waals surface area contributed by atoms with Crippen LogP contribution in [-0.2, 0) is 0 Å². The number of hydrogen-bond donors (Lipinski definition) is 0. The van der Waals surface area contributed by atoms with Crippen molar-refractivity contribution in [2.45, 2.75) is 59.8 Å². The van der Waals surface area contributed by atoms with Crippen LogP contribution in [0.5, 0.6) is 0 Å². The Morgan fingerprint density at radius 2 is 1.09 bits per heavy atom. The molecule has 0 aliphatic carbocycles. The van der Waals surface area contributed by atoms with Crippen LogP contribution in [0.1, 0.15) is 59.8 Å². The predicted octanol–water partition coefficient (Wildman–Crippen LogP) is 8.48. The smallest absolute Gasteiger partial charge is 0.0853 e. The average molecular weight is 470 g/mol. The van der Waals surface area contributed by atoms with E-state index in [2.05, 4.69) is 131 Å². The van der Waals surface area contributed by atoms with E-state index in [0.717, 1.165) is 24.9 Å². The Bertz CT molecular complexity index is 933. The summed E-state index contributed by atoms with van der Waals surface area (Å²) >= 11 is 0. The van der Waals surface area contributed by atoms with Gasteiger partial charge in [-0.25, -0.2) is 0 Å². The molecule has 0 aliphatic rings. The highest BCUT2D eigenvalue weighted by Gasteiger charge is 2.44. The van der Waals surface area contributed by atoms with Crippen LogP contribution < -0.4 is 15.9 Å². The van der Waals surface area contributed by atoms with E-state index < -0.39 is 7.26 Å². The molecule has 0 unspecified atom stereocenters. The Balaban J connectivity index is 1.85. The van der Waals surface area contributed by atoms with Gasteiger partial charge in [-0.15, -0.1) is 0 Å². The van der Waals surface area contributed by atoms with E-state index in [1.807, 2.05) is 0 Å². The van der Waals surface area contributed by atoms with Gasteiger partial charge in [0.25, 0.3) is 0 Å². The quantitative estimate of drug-likeness (QED) is 0.184. The van der Waals surface area contributed by atoms with E-state index >= 15 is 0 Å². The molecule has 0 fully saturated rings. The van der Waals surface area contributed by atoms with Crippen molar-refractivity contribution in [1.82, 2.24) is 0 Å². The maximum atomic E-state index is 2.53. The Morgan fingerprint density at radius 3 is 1.53 bits per heavy atom. The summed E-state index contributed by atoms with van der Waals surface area (Å²) in [7, 11) is -1.77. The van der Waals surface area contributed by atoms with Gasteiger partial charge >= 0.3 is 0 Å². The van der Waals surface area contributed by atoms with Gasteiger partial charge < -0.3 is 0 Å². The lowest BCUT2D eigenvalue weighted by Gasteiger charge is -2.27. The van der Waals surface area contributed by atoms with Gasteiger partial charge in [0.1, 0.15) is 23.2 Å². The van der Waals surface area contributed by atoms with Gasteiger partial charge in [0.05, 0.1) is 6.16 Å². The number of allylic oxidation sites excluding steroid dienone is 4. The molecule has 0 nitrogen and oxygen atoms in total. The number of hydrogen-bond acceptors (Lipinski definition) is 0. The van der Waals surface area contributed by atoms with Crippen LogP contribution in [-0.4, -0.2) is 6.16 Å². The first-order chi connectivity index (χ1) is 16.5. The van der Waals surface area contributed by atoms with E-state index in [9.17, 15) is 0 Å². The number of benzene rings is 3. The monoisotopic (exact) mass is 469 g/mol. The predicted molar refractivity (Wildman–Crippen MR) is 155 cm³/mol. The summed E-state index contributed by atoms with van der Waals surface area (Å²) < 4.78 is 0. The topological polar surface area (TPSA) is 0 Å². The molecule has 3 rings (SSSR count). The molecule has 0 spiro atoms. The van der Waals surface area contributed by atoms with Crippen LogP contribution >= 0.6 is 7.26 Å². The van der Waals surface area contributed by atoms with Crippen LogP contribution in [0.2, 0.25) is 0 Å². The zero-order valence-electron chi connectivity index (χ0n) is 21.6. The van der Waals surface area contributed by atoms with Crippen LogP contribution in [0.3, 0.4) is 0 Å².